The number of carbonyl (C=O) groups excluding carboxylic acids is 2. The molecular formula is C16H18ClN5O2. The van der Waals surface area contributed by atoms with Crippen molar-refractivity contribution in [3.05, 3.63) is 29.0 Å². The molecule has 2 heterocycles. The van der Waals surface area contributed by atoms with Crippen molar-refractivity contribution in [3.8, 4) is 12.3 Å². The lowest BCUT2D eigenvalue weighted by Gasteiger charge is -2.09. The molecule has 0 atom stereocenters. The maximum absolute atomic E-state index is 11.8. The van der Waals surface area contributed by atoms with Crippen molar-refractivity contribution in [2.24, 2.45) is 10.2 Å². The van der Waals surface area contributed by atoms with Crippen LogP contribution in [-0.4, -0.2) is 35.6 Å². The average molecular weight is 348 g/mol. The maximum atomic E-state index is 11.8. The van der Waals surface area contributed by atoms with Crippen molar-refractivity contribution in [2.75, 3.05) is 13.1 Å². The van der Waals surface area contributed by atoms with Gasteiger partial charge in [0.2, 0.25) is 5.91 Å². The first-order chi connectivity index (χ1) is 11.5. The summed E-state index contributed by atoms with van der Waals surface area (Å²) >= 11 is 5.71. The van der Waals surface area contributed by atoms with Crippen molar-refractivity contribution in [3.63, 3.8) is 0 Å². The third kappa shape index (κ3) is 5.63. The van der Waals surface area contributed by atoms with E-state index in [0.29, 0.717) is 43.8 Å². The number of aromatic nitrogens is 1. The quantitative estimate of drug-likeness (QED) is 0.527. The van der Waals surface area contributed by atoms with Gasteiger partial charge >= 0.3 is 0 Å². The van der Waals surface area contributed by atoms with Crippen molar-refractivity contribution in [2.45, 2.75) is 31.3 Å². The summed E-state index contributed by atoms with van der Waals surface area (Å²) in [7, 11) is 0. The van der Waals surface area contributed by atoms with Gasteiger partial charge in [-0.25, -0.2) is 4.98 Å². The number of terminal acetylenes is 1. The molecule has 1 aromatic heterocycles. The highest BCUT2D eigenvalue weighted by Crippen LogP contribution is 2.37. The summed E-state index contributed by atoms with van der Waals surface area (Å²) in [6, 6.07) is 3.13. The Hall–Kier alpha value is -2.46. The van der Waals surface area contributed by atoms with Gasteiger partial charge in [0.15, 0.2) is 5.66 Å². The molecule has 0 unspecified atom stereocenters. The highest BCUT2D eigenvalue weighted by molar-refractivity contribution is 6.30. The van der Waals surface area contributed by atoms with Crippen molar-refractivity contribution < 1.29 is 9.59 Å². The maximum Gasteiger partial charge on any atom is 0.269 e. The van der Waals surface area contributed by atoms with Gasteiger partial charge in [0.25, 0.3) is 5.91 Å². The van der Waals surface area contributed by atoms with Crippen molar-refractivity contribution in [1.29, 1.82) is 0 Å². The van der Waals surface area contributed by atoms with Crippen LogP contribution in [0, 0.1) is 12.3 Å². The standard InChI is InChI=1S/C16H18ClN5O2/c1-2-3-7-16(21-22-16)8-6-14(23)18-9-10-19-15(24)13-5-4-12(17)11-20-13/h1,4-5,11H,3,6-10H2,(H,18,23)(H,19,24). The van der Waals surface area contributed by atoms with E-state index in [2.05, 4.69) is 31.8 Å². The largest absolute Gasteiger partial charge is 0.354 e. The number of hydrogen-bond acceptors (Lipinski definition) is 5. The Morgan fingerprint density at radius 1 is 1.21 bits per heavy atom. The fraction of sp³-hybridized carbons (Fsp3) is 0.438. The zero-order valence-electron chi connectivity index (χ0n) is 13.1. The Labute approximate surface area is 145 Å². The Morgan fingerprint density at radius 3 is 2.58 bits per heavy atom. The number of nitrogens with one attached hydrogen (secondary N) is 2. The molecule has 0 spiro atoms. The Kier molecular flexibility index (Phi) is 6.27. The van der Waals surface area contributed by atoms with Gasteiger partial charge in [-0.1, -0.05) is 11.6 Å². The molecule has 0 fully saturated rings. The van der Waals surface area contributed by atoms with Gasteiger partial charge in [-0.2, -0.15) is 10.2 Å². The molecule has 2 amide bonds. The first-order valence-corrected chi connectivity index (χ1v) is 7.96. The number of amides is 2. The molecule has 2 rings (SSSR count). The van der Waals surface area contributed by atoms with Crippen molar-refractivity contribution in [1.82, 2.24) is 15.6 Å². The molecular weight excluding hydrogens is 330 g/mol. The zero-order valence-corrected chi connectivity index (χ0v) is 13.8. The van der Waals surface area contributed by atoms with Crippen LogP contribution in [0.15, 0.2) is 28.6 Å². The summed E-state index contributed by atoms with van der Waals surface area (Å²) in [4.78, 5) is 27.5. The molecule has 1 aliphatic rings. The van der Waals surface area contributed by atoms with Gasteiger partial charge in [-0.15, -0.1) is 12.3 Å². The first-order valence-electron chi connectivity index (χ1n) is 7.59. The lowest BCUT2D eigenvalue weighted by molar-refractivity contribution is -0.121. The van der Waals surface area contributed by atoms with Crippen LogP contribution in [0.3, 0.4) is 0 Å². The lowest BCUT2D eigenvalue weighted by Crippen LogP contribution is -2.35. The Balaban J connectivity index is 1.58. The van der Waals surface area contributed by atoms with Gasteiger partial charge in [0, 0.05) is 45.0 Å². The van der Waals surface area contributed by atoms with Crippen LogP contribution in [0.1, 0.15) is 36.2 Å². The fourth-order valence-electron chi connectivity index (χ4n) is 2.05. The summed E-state index contributed by atoms with van der Waals surface area (Å²) < 4.78 is 0. The van der Waals surface area contributed by atoms with Gasteiger partial charge in [0.05, 0.1) is 5.02 Å². The summed E-state index contributed by atoms with van der Waals surface area (Å²) in [5.74, 6) is 2.13. The highest BCUT2D eigenvalue weighted by atomic mass is 35.5. The third-order valence-electron chi connectivity index (χ3n) is 3.50. The van der Waals surface area contributed by atoms with Crippen LogP contribution in [0.25, 0.3) is 0 Å². The molecule has 7 nitrogen and oxygen atoms in total. The summed E-state index contributed by atoms with van der Waals surface area (Å²) in [5, 5.41) is 13.8. The van der Waals surface area contributed by atoms with Crippen LogP contribution in [0.4, 0.5) is 0 Å². The van der Waals surface area contributed by atoms with Crippen molar-refractivity contribution >= 4 is 23.4 Å². The highest BCUT2D eigenvalue weighted by Gasteiger charge is 2.39. The second-order valence-electron chi connectivity index (χ2n) is 5.35. The second-order valence-corrected chi connectivity index (χ2v) is 5.79. The van der Waals surface area contributed by atoms with Gasteiger partial charge in [-0.3, -0.25) is 9.59 Å². The SMILES string of the molecule is C#CCCC1(CCC(=O)NCCNC(=O)c2ccc(Cl)cn2)N=N1. The predicted molar refractivity (Wildman–Crippen MR) is 89.5 cm³/mol. The molecule has 0 aromatic carbocycles. The minimum absolute atomic E-state index is 0.105. The second kappa shape index (κ2) is 8.41. The van der Waals surface area contributed by atoms with E-state index in [1.807, 2.05) is 0 Å². The average Bonchev–Trinajstić information content (AvgIpc) is 3.36. The summed E-state index contributed by atoms with van der Waals surface area (Å²) in [6.07, 6.45) is 8.78. The number of hydrogen-bond donors (Lipinski definition) is 2. The molecule has 0 saturated heterocycles. The minimum Gasteiger partial charge on any atom is -0.354 e. The fourth-order valence-corrected chi connectivity index (χ4v) is 2.16. The van der Waals surface area contributed by atoms with Crippen LogP contribution in [-0.2, 0) is 4.79 Å². The van der Waals surface area contributed by atoms with Crippen LogP contribution in [0.5, 0.6) is 0 Å². The normalized spacial score (nSPS) is 13.8. The smallest absolute Gasteiger partial charge is 0.269 e. The van der Waals surface area contributed by atoms with Crippen LogP contribution < -0.4 is 10.6 Å². The Morgan fingerprint density at radius 2 is 1.96 bits per heavy atom. The van der Waals surface area contributed by atoms with E-state index in [-0.39, 0.29) is 17.5 Å². The molecule has 24 heavy (non-hydrogen) atoms. The minimum atomic E-state index is -0.446. The monoisotopic (exact) mass is 347 g/mol. The molecule has 0 radical (unpaired) electrons. The molecule has 1 aromatic rings. The summed E-state index contributed by atoms with van der Waals surface area (Å²) in [6.45, 7) is 0.648. The molecule has 0 saturated carbocycles. The molecule has 2 N–H and O–H groups in total. The van der Waals surface area contributed by atoms with E-state index in [0.717, 1.165) is 0 Å². The number of carbonyl (C=O) groups is 2. The molecule has 8 heteroatoms. The van der Waals surface area contributed by atoms with E-state index >= 15 is 0 Å². The van der Waals surface area contributed by atoms with E-state index in [1.165, 1.54) is 12.3 Å². The molecule has 0 bridgehead atoms. The van der Waals surface area contributed by atoms with Crippen LogP contribution >= 0.6 is 11.6 Å². The number of halogens is 1. The predicted octanol–water partition coefficient (Wildman–Crippen LogP) is 1.94. The number of pyridine rings is 1. The van der Waals surface area contributed by atoms with Gasteiger partial charge in [0.1, 0.15) is 5.69 Å². The molecule has 1 aliphatic heterocycles. The van der Waals surface area contributed by atoms with E-state index in [9.17, 15) is 9.59 Å². The third-order valence-corrected chi connectivity index (χ3v) is 3.72. The topological polar surface area (TPSA) is 95.8 Å². The zero-order chi connectivity index (χ0) is 17.4. The van der Waals surface area contributed by atoms with E-state index in [1.54, 1.807) is 6.07 Å². The van der Waals surface area contributed by atoms with E-state index in [4.69, 9.17) is 18.0 Å². The van der Waals surface area contributed by atoms with E-state index < -0.39 is 5.66 Å². The number of nitrogens with zero attached hydrogens (tertiary/aromatic N) is 3. The van der Waals surface area contributed by atoms with Gasteiger partial charge in [-0.05, 0) is 12.1 Å². The molecule has 0 aliphatic carbocycles. The van der Waals surface area contributed by atoms with Gasteiger partial charge < -0.3 is 10.6 Å². The first kappa shape index (κ1) is 17.9. The summed E-state index contributed by atoms with van der Waals surface area (Å²) in [5.41, 5.74) is -0.170. The molecule has 126 valence electrons. The van der Waals surface area contributed by atoms with Crippen LogP contribution in [0.2, 0.25) is 5.02 Å². The Bertz CT molecular complexity index is 660. The lowest BCUT2D eigenvalue weighted by atomic mass is 10.0. The number of rotatable bonds is 9.